The molecule has 1 aromatic carbocycles. The maximum atomic E-state index is 11.2. The number of hydrogen-bond donors (Lipinski definition) is 2. The van der Waals surface area contributed by atoms with Crippen LogP contribution >= 0.6 is 0 Å². The number of anilines is 1. The number of rotatable bonds is 2. The van der Waals surface area contributed by atoms with E-state index >= 15 is 0 Å². The lowest BCUT2D eigenvalue weighted by Crippen LogP contribution is -2.06. The molecule has 0 radical (unpaired) electrons. The molecule has 0 aliphatic heterocycles. The molecule has 5 heteroatoms. The zero-order valence-electron chi connectivity index (χ0n) is 7.98. The summed E-state index contributed by atoms with van der Waals surface area (Å²) in [6.45, 7) is 0. The first-order valence-electron chi connectivity index (χ1n) is 4.26. The number of ether oxygens (including phenoxy) is 1. The minimum Gasteiger partial charge on any atom is -0.497 e. The number of fused-ring (bicyclic) bond motifs is 1. The van der Waals surface area contributed by atoms with Gasteiger partial charge in [-0.3, -0.25) is 10.7 Å². The summed E-state index contributed by atoms with van der Waals surface area (Å²) in [5.74, 6) is 0.653. The van der Waals surface area contributed by atoms with Crippen molar-refractivity contribution in [1.29, 1.82) is 0 Å². The number of methoxy groups -OCH3 is 1. The topological polar surface area (TPSA) is 71.7 Å². The molecule has 0 aliphatic carbocycles. The van der Waals surface area contributed by atoms with E-state index < -0.39 is 5.63 Å². The zero-order valence-corrected chi connectivity index (χ0v) is 7.98. The Hall–Kier alpha value is -2.01. The molecule has 2 rings (SSSR count). The maximum Gasteiger partial charge on any atom is 0.362 e. The van der Waals surface area contributed by atoms with Crippen molar-refractivity contribution in [3.05, 3.63) is 34.7 Å². The Balaban J connectivity index is 2.71. The molecule has 0 aliphatic rings. The molecule has 0 saturated heterocycles. The molecular weight excluding hydrogens is 198 g/mol. The summed E-state index contributed by atoms with van der Waals surface area (Å²) < 4.78 is 9.97. The van der Waals surface area contributed by atoms with Gasteiger partial charge in [0.1, 0.15) is 17.0 Å². The highest BCUT2D eigenvalue weighted by Gasteiger charge is 2.04. The average molecular weight is 207 g/mol. The Kier molecular flexibility index (Phi) is 2.31. The van der Waals surface area contributed by atoms with Gasteiger partial charge in [0.2, 0.25) is 0 Å². The fraction of sp³-hybridized carbons (Fsp3) is 0.100. The Morgan fingerprint density at radius 2 is 2.20 bits per heavy atom. The van der Waals surface area contributed by atoms with Gasteiger partial charge in [0.05, 0.1) is 7.11 Å². The van der Waals surface area contributed by atoms with Crippen molar-refractivity contribution < 1.29 is 14.4 Å². The number of hydrogen-bond acceptors (Lipinski definition) is 5. The van der Waals surface area contributed by atoms with Gasteiger partial charge in [0.25, 0.3) is 0 Å². The van der Waals surface area contributed by atoms with E-state index in [4.69, 9.17) is 14.4 Å². The molecule has 15 heavy (non-hydrogen) atoms. The lowest BCUT2D eigenvalue weighted by Gasteiger charge is -2.02. The van der Waals surface area contributed by atoms with E-state index in [1.807, 2.05) is 0 Å². The van der Waals surface area contributed by atoms with Crippen LogP contribution in [0.15, 0.2) is 33.5 Å². The first-order valence-corrected chi connectivity index (χ1v) is 4.26. The third-order valence-electron chi connectivity index (χ3n) is 2.06. The summed E-state index contributed by atoms with van der Waals surface area (Å²) in [6.07, 6.45) is 0. The Morgan fingerprint density at radius 3 is 2.87 bits per heavy atom. The van der Waals surface area contributed by atoms with Crippen molar-refractivity contribution in [3.8, 4) is 5.75 Å². The van der Waals surface area contributed by atoms with E-state index in [1.165, 1.54) is 6.07 Å². The molecular formula is C10H9NO4. The van der Waals surface area contributed by atoms with Gasteiger partial charge in [-0.1, -0.05) is 0 Å². The van der Waals surface area contributed by atoms with Gasteiger partial charge < -0.3 is 9.15 Å². The van der Waals surface area contributed by atoms with Crippen molar-refractivity contribution in [1.82, 2.24) is 0 Å². The predicted molar refractivity (Wildman–Crippen MR) is 54.4 cm³/mol. The average Bonchev–Trinajstić information content (AvgIpc) is 2.27. The quantitative estimate of drug-likeness (QED) is 0.578. The Morgan fingerprint density at radius 1 is 1.40 bits per heavy atom. The van der Waals surface area contributed by atoms with Crippen LogP contribution in [0.4, 0.5) is 5.69 Å². The zero-order chi connectivity index (χ0) is 10.8. The van der Waals surface area contributed by atoms with Crippen molar-refractivity contribution >= 4 is 16.7 Å². The molecule has 1 aromatic heterocycles. The molecule has 0 saturated carbocycles. The SMILES string of the molecule is COc1ccc2oc(=O)c(NO)cc2c1. The van der Waals surface area contributed by atoms with Crippen LogP contribution in [-0.2, 0) is 0 Å². The van der Waals surface area contributed by atoms with Gasteiger partial charge in [0.15, 0.2) is 0 Å². The van der Waals surface area contributed by atoms with Crippen LogP contribution in [0.3, 0.4) is 0 Å². The van der Waals surface area contributed by atoms with E-state index in [0.717, 1.165) is 0 Å². The summed E-state index contributed by atoms with van der Waals surface area (Å²) >= 11 is 0. The second-order valence-electron chi connectivity index (χ2n) is 2.96. The molecule has 78 valence electrons. The van der Waals surface area contributed by atoms with Crippen molar-refractivity contribution in [3.63, 3.8) is 0 Å². The molecule has 0 spiro atoms. The summed E-state index contributed by atoms with van der Waals surface area (Å²) in [5, 5.41) is 9.33. The third kappa shape index (κ3) is 1.64. The fourth-order valence-corrected chi connectivity index (χ4v) is 1.31. The van der Waals surface area contributed by atoms with Gasteiger partial charge in [-0.25, -0.2) is 4.79 Å². The molecule has 0 fully saturated rings. The first-order chi connectivity index (χ1) is 7.24. The maximum absolute atomic E-state index is 11.2. The molecule has 5 nitrogen and oxygen atoms in total. The van der Waals surface area contributed by atoms with Crippen LogP contribution < -0.4 is 15.8 Å². The van der Waals surface area contributed by atoms with E-state index in [1.54, 1.807) is 30.8 Å². The highest BCUT2D eigenvalue weighted by atomic mass is 16.5. The molecule has 2 aromatic rings. The van der Waals surface area contributed by atoms with Gasteiger partial charge in [-0.05, 0) is 24.3 Å². The molecule has 0 atom stereocenters. The van der Waals surface area contributed by atoms with Crippen LogP contribution in [0.2, 0.25) is 0 Å². The van der Waals surface area contributed by atoms with Gasteiger partial charge in [0, 0.05) is 5.39 Å². The van der Waals surface area contributed by atoms with Crippen LogP contribution in [0.1, 0.15) is 0 Å². The minimum absolute atomic E-state index is 0.00393. The normalized spacial score (nSPS) is 10.3. The summed E-state index contributed by atoms with van der Waals surface area (Å²) in [4.78, 5) is 11.2. The lowest BCUT2D eigenvalue weighted by atomic mass is 10.2. The summed E-state index contributed by atoms with van der Waals surface area (Å²) in [7, 11) is 1.55. The van der Waals surface area contributed by atoms with Gasteiger partial charge in [-0.2, -0.15) is 0 Å². The largest absolute Gasteiger partial charge is 0.497 e. The molecule has 0 bridgehead atoms. The van der Waals surface area contributed by atoms with E-state index in [0.29, 0.717) is 16.7 Å². The second kappa shape index (κ2) is 3.62. The highest BCUT2D eigenvalue weighted by Crippen LogP contribution is 2.21. The second-order valence-corrected chi connectivity index (χ2v) is 2.96. The molecule has 1 heterocycles. The van der Waals surface area contributed by atoms with Crippen LogP contribution in [0.5, 0.6) is 5.75 Å². The lowest BCUT2D eigenvalue weighted by molar-refractivity contribution is 0.384. The van der Waals surface area contributed by atoms with Gasteiger partial charge in [-0.15, -0.1) is 0 Å². The number of benzene rings is 1. The summed E-state index contributed by atoms with van der Waals surface area (Å²) in [5.41, 5.74) is 1.60. The Labute approximate surface area is 84.9 Å². The molecule has 0 amide bonds. The third-order valence-corrected chi connectivity index (χ3v) is 2.06. The monoisotopic (exact) mass is 207 g/mol. The first kappa shape index (κ1) is 9.54. The van der Waals surface area contributed by atoms with E-state index in [9.17, 15) is 4.79 Å². The van der Waals surface area contributed by atoms with E-state index in [-0.39, 0.29) is 5.69 Å². The predicted octanol–water partition coefficient (Wildman–Crippen LogP) is 1.60. The number of nitrogens with one attached hydrogen (secondary N) is 1. The fourth-order valence-electron chi connectivity index (χ4n) is 1.31. The highest BCUT2D eigenvalue weighted by molar-refractivity contribution is 5.80. The van der Waals surface area contributed by atoms with Gasteiger partial charge >= 0.3 is 5.63 Å². The van der Waals surface area contributed by atoms with Crippen LogP contribution in [-0.4, -0.2) is 12.3 Å². The van der Waals surface area contributed by atoms with Crippen LogP contribution in [0, 0.1) is 0 Å². The van der Waals surface area contributed by atoms with Crippen LogP contribution in [0.25, 0.3) is 11.0 Å². The van der Waals surface area contributed by atoms with Crippen molar-refractivity contribution in [2.45, 2.75) is 0 Å². The summed E-state index contributed by atoms with van der Waals surface area (Å²) in [6, 6.07) is 6.52. The minimum atomic E-state index is -0.616. The molecule has 2 N–H and O–H groups in total. The van der Waals surface area contributed by atoms with E-state index in [2.05, 4.69) is 0 Å². The smallest absolute Gasteiger partial charge is 0.362 e. The van der Waals surface area contributed by atoms with Crippen molar-refractivity contribution in [2.75, 3.05) is 12.6 Å². The van der Waals surface area contributed by atoms with Crippen molar-refractivity contribution in [2.24, 2.45) is 0 Å². The Bertz CT molecular complexity index is 547. The molecule has 0 unspecified atom stereocenters. The standard InChI is InChI=1S/C10H9NO4/c1-14-7-2-3-9-6(4-7)5-8(11-13)10(12)15-9/h2-5,11,13H,1H3.